The Morgan fingerprint density at radius 2 is 1.70 bits per heavy atom. The molecule has 1 fully saturated rings. The third kappa shape index (κ3) is 6.02. The second-order valence-electron chi connectivity index (χ2n) is 9.26. The number of nitrogens with two attached hydrogens (primary N) is 1. The van der Waals surface area contributed by atoms with Gasteiger partial charge in [0.25, 0.3) is 0 Å². The van der Waals surface area contributed by atoms with Gasteiger partial charge in [0.15, 0.2) is 12.4 Å². The van der Waals surface area contributed by atoms with Crippen molar-refractivity contribution in [3.8, 4) is 28.3 Å². The first-order chi connectivity index (χ1) is 19.1. The lowest BCUT2D eigenvalue weighted by Crippen LogP contribution is -2.35. The molecule has 0 bridgehead atoms. The lowest BCUT2D eigenvalue weighted by Gasteiger charge is -2.36. The molecule has 1 saturated heterocycles. The minimum atomic E-state index is -3.87. The van der Waals surface area contributed by atoms with Crippen molar-refractivity contribution in [1.82, 2.24) is 4.98 Å². The minimum absolute atomic E-state index is 0.0420. The van der Waals surface area contributed by atoms with Crippen LogP contribution in [0.4, 0.5) is 4.39 Å². The largest absolute Gasteiger partial charge is 0.484 e. The van der Waals surface area contributed by atoms with Crippen LogP contribution in [0.1, 0.15) is 24.3 Å². The Hall–Kier alpha value is -2.99. The van der Waals surface area contributed by atoms with E-state index in [0.29, 0.717) is 64.2 Å². The summed E-state index contributed by atoms with van der Waals surface area (Å²) in [5, 5.41) is 5.92. The van der Waals surface area contributed by atoms with Crippen molar-refractivity contribution in [2.45, 2.75) is 29.9 Å². The van der Waals surface area contributed by atoms with E-state index in [4.69, 9.17) is 47.0 Å². The molecule has 8 nitrogen and oxygen atoms in total. The summed E-state index contributed by atoms with van der Waals surface area (Å²) in [6.45, 7) is 0.903. The van der Waals surface area contributed by atoms with E-state index >= 15 is 0 Å². The highest BCUT2D eigenvalue weighted by atomic mass is 35.5. The van der Waals surface area contributed by atoms with Crippen LogP contribution < -0.4 is 9.88 Å². The maximum atomic E-state index is 14.6. The summed E-state index contributed by atoms with van der Waals surface area (Å²) in [5.74, 6) is 0.382. The second-order valence-corrected chi connectivity index (χ2v) is 11.6. The average molecular weight is 607 g/mol. The van der Waals surface area contributed by atoms with E-state index in [9.17, 15) is 12.8 Å². The number of ether oxygens (including phenoxy) is 3. The molecule has 2 N–H and O–H groups in total. The first-order valence-corrected chi connectivity index (χ1v) is 14.5. The van der Waals surface area contributed by atoms with E-state index in [-0.39, 0.29) is 23.1 Å². The molecular weight excluding hydrogens is 582 g/mol. The smallest absolute Gasteiger partial charge is 0.238 e. The summed E-state index contributed by atoms with van der Waals surface area (Å²) in [4.78, 5) is 4.55. The molecule has 3 aromatic carbocycles. The van der Waals surface area contributed by atoms with Gasteiger partial charge >= 0.3 is 0 Å². The number of halogens is 3. The van der Waals surface area contributed by atoms with Crippen LogP contribution in [0.15, 0.2) is 70.0 Å². The highest BCUT2D eigenvalue weighted by molar-refractivity contribution is 7.89. The maximum Gasteiger partial charge on any atom is 0.238 e. The molecule has 0 unspecified atom stereocenters. The van der Waals surface area contributed by atoms with Crippen molar-refractivity contribution >= 4 is 33.2 Å². The van der Waals surface area contributed by atoms with Crippen LogP contribution in [-0.4, -0.2) is 33.7 Å². The zero-order valence-electron chi connectivity index (χ0n) is 21.3. The van der Waals surface area contributed by atoms with E-state index in [1.807, 2.05) is 0 Å². The van der Waals surface area contributed by atoms with Crippen LogP contribution in [0.5, 0.6) is 5.75 Å². The van der Waals surface area contributed by atoms with Gasteiger partial charge in [-0.3, -0.25) is 0 Å². The van der Waals surface area contributed by atoms with Crippen LogP contribution in [0.2, 0.25) is 10.0 Å². The molecule has 5 rings (SSSR count). The molecular formula is C28H25Cl2FN2O6S. The van der Waals surface area contributed by atoms with Gasteiger partial charge in [0, 0.05) is 50.4 Å². The van der Waals surface area contributed by atoms with Crippen molar-refractivity contribution in [2.24, 2.45) is 5.14 Å². The molecule has 40 heavy (non-hydrogen) atoms. The van der Waals surface area contributed by atoms with E-state index < -0.39 is 21.4 Å². The SMILES string of the molecule is COC1(c2cc(F)cc(OCc3nc(-c4ccc(S(N)(=O)=O)cc4)c(-c4ccc(Cl)c(Cl)c4)o3)c2)CCOCC1. The molecule has 0 aliphatic carbocycles. The second kappa shape index (κ2) is 11.5. The van der Waals surface area contributed by atoms with Crippen LogP contribution in [-0.2, 0) is 31.7 Å². The molecule has 0 amide bonds. The lowest BCUT2D eigenvalue weighted by molar-refractivity contribution is -0.0950. The van der Waals surface area contributed by atoms with Gasteiger partial charge in [-0.05, 0) is 48.0 Å². The van der Waals surface area contributed by atoms with Crippen molar-refractivity contribution < 1.29 is 31.4 Å². The highest BCUT2D eigenvalue weighted by Gasteiger charge is 2.35. The number of rotatable bonds is 8. The molecule has 1 aliphatic heterocycles. The zero-order valence-corrected chi connectivity index (χ0v) is 23.7. The normalized spacial score (nSPS) is 15.2. The molecule has 0 radical (unpaired) electrons. The Kier molecular flexibility index (Phi) is 8.19. The Balaban J connectivity index is 1.47. The summed E-state index contributed by atoms with van der Waals surface area (Å²) in [5.41, 5.74) is 1.57. The van der Waals surface area contributed by atoms with Crippen LogP contribution in [0.25, 0.3) is 22.6 Å². The predicted octanol–water partition coefficient (Wildman–Crippen LogP) is 6.33. The molecule has 4 aromatic rings. The minimum Gasteiger partial charge on any atom is -0.484 e. The molecule has 1 aliphatic rings. The molecule has 210 valence electrons. The first kappa shape index (κ1) is 28.5. The van der Waals surface area contributed by atoms with Gasteiger partial charge in [-0.1, -0.05) is 35.3 Å². The molecule has 0 spiro atoms. The van der Waals surface area contributed by atoms with Gasteiger partial charge in [0.05, 0.1) is 20.5 Å². The number of primary sulfonamides is 1. The first-order valence-electron chi connectivity index (χ1n) is 12.2. The summed E-state index contributed by atoms with van der Waals surface area (Å²) >= 11 is 12.3. The van der Waals surface area contributed by atoms with Gasteiger partial charge in [-0.15, -0.1) is 0 Å². The quantitative estimate of drug-likeness (QED) is 0.249. The third-order valence-electron chi connectivity index (χ3n) is 6.76. The van der Waals surface area contributed by atoms with E-state index in [2.05, 4.69) is 4.98 Å². The van der Waals surface area contributed by atoms with Gasteiger partial charge in [0.2, 0.25) is 15.9 Å². The highest BCUT2D eigenvalue weighted by Crippen LogP contribution is 2.39. The van der Waals surface area contributed by atoms with Gasteiger partial charge in [-0.2, -0.15) is 0 Å². The fourth-order valence-corrected chi connectivity index (χ4v) is 5.44. The number of methoxy groups -OCH3 is 1. The number of aromatic nitrogens is 1. The van der Waals surface area contributed by atoms with Gasteiger partial charge < -0.3 is 18.6 Å². The Morgan fingerprint density at radius 3 is 2.35 bits per heavy atom. The zero-order chi connectivity index (χ0) is 28.5. The molecule has 0 saturated carbocycles. The summed E-state index contributed by atoms with van der Waals surface area (Å²) in [6, 6.07) is 15.3. The maximum absolute atomic E-state index is 14.6. The van der Waals surface area contributed by atoms with E-state index in [1.165, 1.54) is 24.3 Å². The average Bonchev–Trinajstić information content (AvgIpc) is 3.37. The van der Waals surface area contributed by atoms with Crippen molar-refractivity contribution in [3.05, 3.63) is 88.0 Å². The van der Waals surface area contributed by atoms with E-state index in [1.54, 1.807) is 43.5 Å². The van der Waals surface area contributed by atoms with Crippen LogP contribution in [0, 0.1) is 5.82 Å². The van der Waals surface area contributed by atoms with Crippen molar-refractivity contribution in [1.29, 1.82) is 0 Å². The Labute approximate surface area is 240 Å². The number of sulfonamides is 1. The molecule has 0 atom stereocenters. The fraction of sp³-hybridized carbons (Fsp3) is 0.250. The summed E-state index contributed by atoms with van der Waals surface area (Å²) < 4.78 is 61.3. The van der Waals surface area contributed by atoms with Crippen molar-refractivity contribution in [2.75, 3.05) is 20.3 Å². The lowest BCUT2D eigenvalue weighted by atomic mass is 9.86. The topological polar surface area (TPSA) is 114 Å². The van der Waals surface area contributed by atoms with Gasteiger partial charge in [-0.25, -0.2) is 22.9 Å². The molecule has 1 aromatic heterocycles. The predicted molar refractivity (Wildman–Crippen MR) is 148 cm³/mol. The fourth-order valence-electron chi connectivity index (χ4n) is 4.62. The van der Waals surface area contributed by atoms with Crippen LogP contribution >= 0.6 is 23.2 Å². The van der Waals surface area contributed by atoms with Crippen LogP contribution in [0.3, 0.4) is 0 Å². The Morgan fingerprint density at radius 1 is 1.00 bits per heavy atom. The third-order valence-corrected chi connectivity index (χ3v) is 8.43. The van der Waals surface area contributed by atoms with E-state index in [0.717, 1.165) is 0 Å². The van der Waals surface area contributed by atoms with Gasteiger partial charge in [0.1, 0.15) is 17.3 Å². The number of nitrogens with zero attached hydrogens (tertiary/aromatic N) is 1. The summed E-state index contributed by atoms with van der Waals surface area (Å²) in [7, 11) is -2.27. The Bertz CT molecular complexity index is 1640. The van der Waals surface area contributed by atoms with Crippen molar-refractivity contribution in [3.63, 3.8) is 0 Å². The summed E-state index contributed by atoms with van der Waals surface area (Å²) in [6.07, 6.45) is 1.18. The number of benzene rings is 3. The molecule has 12 heteroatoms. The monoisotopic (exact) mass is 606 g/mol. The number of oxazole rings is 1. The number of hydrogen-bond acceptors (Lipinski definition) is 7. The number of hydrogen-bond donors (Lipinski definition) is 1. The molecule has 2 heterocycles. The standard InChI is InChI=1S/C28H25Cl2FN2O6S/c1-36-28(8-10-37-11-9-28)19-13-20(31)15-21(14-19)38-16-25-33-26(17-2-5-22(6-3-17)40(32,34)35)27(39-25)18-4-7-23(29)24(30)12-18/h2-7,12-15H,8-11,16H2,1H3,(H2,32,34,35).